The molecule has 0 aliphatic heterocycles. The molecule has 1 heterocycles. The molecular formula is C18H21N3O3. The maximum Gasteiger partial charge on any atom is 0.275 e. The summed E-state index contributed by atoms with van der Waals surface area (Å²) in [4.78, 5) is 24.5. The standard InChI is InChI=1S/C18H21N3O3/c1-12-10-16(23)17(20-21(12)14-7-3-2-4-8-14)18(24)19-11-13-6-5-9-15(13)22/h2-4,7-8,10,13,15,22H,5-6,9,11H2,1H3,(H,19,24). The van der Waals surface area contributed by atoms with Crippen LogP contribution in [0, 0.1) is 12.8 Å². The highest BCUT2D eigenvalue weighted by atomic mass is 16.3. The van der Waals surface area contributed by atoms with Gasteiger partial charge >= 0.3 is 0 Å². The molecular weight excluding hydrogens is 306 g/mol. The van der Waals surface area contributed by atoms with Gasteiger partial charge in [0.25, 0.3) is 5.91 Å². The van der Waals surface area contributed by atoms with Crippen molar-refractivity contribution in [3.8, 4) is 5.69 Å². The van der Waals surface area contributed by atoms with Crippen molar-refractivity contribution in [3.05, 3.63) is 58.0 Å². The van der Waals surface area contributed by atoms with Crippen LogP contribution in [0.25, 0.3) is 5.69 Å². The zero-order valence-corrected chi connectivity index (χ0v) is 13.6. The molecule has 3 rings (SSSR count). The number of aliphatic hydroxyl groups is 1. The molecule has 6 heteroatoms. The van der Waals surface area contributed by atoms with Crippen LogP contribution >= 0.6 is 0 Å². The molecule has 6 nitrogen and oxygen atoms in total. The number of aromatic nitrogens is 2. The molecule has 1 aliphatic carbocycles. The van der Waals surface area contributed by atoms with Crippen molar-refractivity contribution in [2.45, 2.75) is 32.3 Å². The van der Waals surface area contributed by atoms with Gasteiger partial charge in [-0.05, 0) is 31.9 Å². The molecule has 1 aromatic carbocycles. The third-order valence-corrected chi connectivity index (χ3v) is 4.47. The minimum absolute atomic E-state index is 0.0516. The number of hydrogen-bond acceptors (Lipinski definition) is 4. The minimum atomic E-state index is -0.496. The van der Waals surface area contributed by atoms with E-state index in [1.165, 1.54) is 6.07 Å². The molecule has 1 aliphatic rings. The van der Waals surface area contributed by atoms with E-state index in [9.17, 15) is 14.7 Å². The first kappa shape index (κ1) is 16.4. The Morgan fingerprint density at radius 1 is 1.33 bits per heavy atom. The first-order chi connectivity index (χ1) is 11.6. The van der Waals surface area contributed by atoms with Crippen LogP contribution in [-0.2, 0) is 0 Å². The van der Waals surface area contributed by atoms with Gasteiger partial charge in [-0.2, -0.15) is 5.10 Å². The van der Waals surface area contributed by atoms with Gasteiger partial charge in [-0.3, -0.25) is 9.59 Å². The molecule has 2 atom stereocenters. The number of aryl methyl sites for hydroxylation is 1. The van der Waals surface area contributed by atoms with E-state index in [0.717, 1.165) is 24.9 Å². The van der Waals surface area contributed by atoms with E-state index in [2.05, 4.69) is 10.4 Å². The summed E-state index contributed by atoms with van der Waals surface area (Å²) < 4.78 is 1.58. The number of rotatable bonds is 4. The summed E-state index contributed by atoms with van der Waals surface area (Å²) in [6.07, 6.45) is 2.24. The predicted molar refractivity (Wildman–Crippen MR) is 90.3 cm³/mol. The van der Waals surface area contributed by atoms with Crippen LogP contribution < -0.4 is 10.7 Å². The van der Waals surface area contributed by atoms with Gasteiger partial charge in [-0.25, -0.2) is 4.68 Å². The Morgan fingerprint density at radius 3 is 2.75 bits per heavy atom. The average molecular weight is 327 g/mol. The molecule has 1 fully saturated rings. The van der Waals surface area contributed by atoms with Crippen molar-refractivity contribution in [3.63, 3.8) is 0 Å². The van der Waals surface area contributed by atoms with Gasteiger partial charge in [0.1, 0.15) is 0 Å². The number of nitrogens with zero attached hydrogens (tertiary/aromatic N) is 2. The fourth-order valence-electron chi connectivity index (χ4n) is 3.10. The second-order valence-electron chi connectivity index (χ2n) is 6.21. The summed E-state index contributed by atoms with van der Waals surface area (Å²) >= 11 is 0. The number of nitrogens with one attached hydrogen (secondary N) is 1. The SMILES string of the molecule is Cc1cc(=O)c(C(=O)NCC2CCCC2O)nn1-c1ccccc1. The van der Waals surface area contributed by atoms with E-state index in [1.54, 1.807) is 11.6 Å². The maximum atomic E-state index is 12.4. The molecule has 0 saturated heterocycles. The van der Waals surface area contributed by atoms with Crippen molar-refractivity contribution in [1.82, 2.24) is 15.1 Å². The molecule has 2 N–H and O–H groups in total. The number of aliphatic hydroxyl groups excluding tert-OH is 1. The molecule has 2 aromatic rings. The number of benzene rings is 1. The highest BCUT2D eigenvalue weighted by Gasteiger charge is 2.26. The van der Waals surface area contributed by atoms with E-state index in [0.29, 0.717) is 12.2 Å². The van der Waals surface area contributed by atoms with Crippen molar-refractivity contribution in [2.75, 3.05) is 6.54 Å². The van der Waals surface area contributed by atoms with Gasteiger partial charge in [-0.1, -0.05) is 24.6 Å². The molecule has 2 unspecified atom stereocenters. The molecule has 1 amide bonds. The normalized spacial score (nSPS) is 20.1. The fourth-order valence-corrected chi connectivity index (χ4v) is 3.10. The average Bonchev–Trinajstić information content (AvgIpc) is 2.98. The second kappa shape index (κ2) is 6.97. The molecule has 24 heavy (non-hydrogen) atoms. The Labute approximate surface area is 140 Å². The largest absolute Gasteiger partial charge is 0.393 e. The summed E-state index contributed by atoms with van der Waals surface area (Å²) in [7, 11) is 0. The smallest absolute Gasteiger partial charge is 0.275 e. The van der Waals surface area contributed by atoms with Gasteiger partial charge in [0.05, 0.1) is 11.8 Å². The predicted octanol–water partition coefficient (Wildman–Crippen LogP) is 1.43. The zero-order valence-electron chi connectivity index (χ0n) is 13.6. The molecule has 0 radical (unpaired) electrons. The maximum absolute atomic E-state index is 12.4. The van der Waals surface area contributed by atoms with Crippen molar-refractivity contribution in [1.29, 1.82) is 0 Å². The highest BCUT2D eigenvalue weighted by Crippen LogP contribution is 2.24. The summed E-state index contributed by atoms with van der Waals surface area (Å²) in [5, 5.41) is 16.8. The van der Waals surface area contributed by atoms with Gasteiger partial charge in [0.2, 0.25) is 5.43 Å². The van der Waals surface area contributed by atoms with E-state index in [-0.39, 0.29) is 17.7 Å². The van der Waals surface area contributed by atoms with E-state index >= 15 is 0 Å². The molecule has 126 valence electrons. The van der Waals surface area contributed by atoms with Crippen LogP contribution in [0.3, 0.4) is 0 Å². The molecule has 0 spiro atoms. The van der Waals surface area contributed by atoms with Crippen LogP contribution in [0.2, 0.25) is 0 Å². The number of carbonyl (C=O) groups excluding carboxylic acids is 1. The monoisotopic (exact) mass is 327 g/mol. The highest BCUT2D eigenvalue weighted by molar-refractivity contribution is 5.92. The van der Waals surface area contributed by atoms with Crippen molar-refractivity contribution in [2.24, 2.45) is 5.92 Å². The topological polar surface area (TPSA) is 84.2 Å². The van der Waals surface area contributed by atoms with Gasteiger partial charge in [-0.15, -0.1) is 0 Å². The molecule has 1 aromatic heterocycles. The third-order valence-electron chi connectivity index (χ3n) is 4.47. The first-order valence-corrected chi connectivity index (χ1v) is 8.19. The Balaban J connectivity index is 1.82. The summed E-state index contributed by atoms with van der Waals surface area (Å²) in [5.41, 5.74) is 0.922. The van der Waals surface area contributed by atoms with E-state index < -0.39 is 11.3 Å². The van der Waals surface area contributed by atoms with Crippen LogP contribution in [0.1, 0.15) is 35.4 Å². The van der Waals surface area contributed by atoms with E-state index in [4.69, 9.17) is 0 Å². The quantitative estimate of drug-likeness (QED) is 0.890. The summed E-state index contributed by atoms with van der Waals surface area (Å²) in [6.45, 7) is 2.14. The third kappa shape index (κ3) is 3.38. The minimum Gasteiger partial charge on any atom is -0.393 e. The lowest BCUT2D eigenvalue weighted by Gasteiger charge is -2.15. The van der Waals surface area contributed by atoms with Crippen LogP contribution in [0.4, 0.5) is 0 Å². The van der Waals surface area contributed by atoms with Gasteiger partial charge < -0.3 is 10.4 Å². The fraction of sp³-hybridized carbons (Fsp3) is 0.389. The number of para-hydroxylation sites is 1. The lowest BCUT2D eigenvalue weighted by molar-refractivity contribution is 0.0909. The van der Waals surface area contributed by atoms with Crippen molar-refractivity contribution < 1.29 is 9.90 Å². The Kier molecular flexibility index (Phi) is 4.76. The summed E-state index contributed by atoms with van der Waals surface area (Å²) in [5.74, 6) is -0.445. The Hall–Kier alpha value is -2.47. The lowest BCUT2D eigenvalue weighted by atomic mass is 10.1. The molecule has 1 saturated carbocycles. The van der Waals surface area contributed by atoms with Gasteiger partial charge in [0, 0.05) is 24.2 Å². The number of amides is 1. The Morgan fingerprint density at radius 2 is 2.08 bits per heavy atom. The molecule has 0 bridgehead atoms. The summed E-state index contributed by atoms with van der Waals surface area (Å²) in [6, 6.07) is 10.8. The van der Waals surface area contributed by atoms with Gasteiger partial charge in [0.15, 0.2) is 5.69 Å². The number of carbonyl (C=O) groups is 1. The van der Waals surface area contributed by atoms with Crippen molar-refractivity contribution >= 4 is 5.91 Å². The Bertz CT molecular complexity index is 786. The zero-order chi connectivity index (χ0) is 17.1. The lowest BCUT2D eigenvalue weighted by Crippen LogP contribution is -2.36. The first-order valence-electron chi connectivity index (χ1n) is 8.19. The van der Waals surface area contributed by atoms with Crippen LogP contribution in [-0.4, -0.2) is 33.4 Å². The number of hydrogen-bond donors (Lipinski definition) is 2. The van der Waals surface area contributed by atoms with Crippen LogP contribution in [0.5, 0.6) is 0 Å². The van der Waals surface area contributed by atoms with E-state index in [1.807, 2.05) is 30.3 Å². The second-order valence-corrected chi connectivity index (χ2v) is 6.21. The van der Waals surface area contributed by atoms with Crippen LogP contribution in [0.15, 0.2) is 41.2 Å².